The Balaban J connectivity index is 1.78. The molecule has 3 rings (SSSR count). The van der Waals surface area contributed by atoms with E-state index >= 15 is 4.39 Å². The van der Waals surface area contributed by atoms with E-state index in [4.69, 9.17) is 25.5 Å². The minimum Gasteiger partial charge on any atom is -0.408 e. The molecule has 1 aromatic rings. The van der Waals surface area contributed by atoms with E-state index in [9.17, 15) is 14.7 Å². The van der Waals surface area contributed by atoms with Crippen molar-refractivity contribution in [3.63, 3.8) is 0 Å². The van der Waals surface area contributed by atoms with Gasteiger partial charge in [0.2, 0.25) is 0 Å². The molecule has 1 saturated heterocycles. The number of halogens is 1. The minimum atomic E-state index is -2.43. The second-order valence-corrected chi connectivity index (χ2v) is 22.9. The van der Waals surface area contributed by atoms with Gasteiger partial charge < -0.3 is 18.8 Å². The Labute approximate surface area is 241 Å². The number of aryl methyl sites for hydroxylation is 1. The van der Waals surface area contributed by atoms with E-state index in [1.165, 1.54) is 17.6 Å². The first-order valence-corrected chi connectivity index (χ1v) is 20.3. The summed E-state index contributed by atoms with van der Waals surface area (Å²) in [6.07, 6.45) is -3.42. The molecule has 2 N–H and O–H groups in total. The van der Waals surface area contributed by atoms with Gasteiger partial charge in [-0.3, -0.25) is 14.3 Å². The van der Waals surface area contributed by atoms with Crippen LogP contribution in [0.3, 0.4) is 0 Å². The van der Waals surface area contributed by atoms with Crippen molar-refractivity contribution < 1.29 is 23.2 Å². The first-order chi connectivity index (χ1) is 17.9. The Morgan fingerprint density at radius 1 is 1.44 bits per heavy atom. The zero-order valence-electron chi connectivity index (χ0n) is 24.2. The lowest BCUT2D eigenvalue weighted by molar-refractivity contribution is -0.0414. The summed E-state index contributed by atoms with van der Waals surface area (Å²) in [5.41, 5.74) is 0.0795. The molecule has 39 heavy (non-hydrogen) atoms. The van der Waals surface area contributed by atoms with Gasteiger partial charge in [-0.15, -0.1) is 0 Å². The summed E-state index contributed by atoms with van der Waals surface area (Å²) in [7, 11) is -2.43. The summed E-state index contributed by atoms with van der Waals surface area (Å²) in [4.78, 5) is 26.7. The first kappa shape index (κ1) is 32.9. The molecule has 8 atom stereocenters. The molecule has 1 aromatic heterocycles. The van der Waals surface area contributed by atoms with Crippen LogP contribution in [0.2, 0.25) is 18.1 Å². The number of aliphatic hydroxyl groups is 1. The molecule has 0 aromatic carbocycles. The van der Waals surface area contributed by atoms with E-state index in [0.29, 0.717) is 12.3 Å². The van der Waals surface area contributed by atoms with Crippen LogP contribution in [-0.4, -0.2) is 58.8 Å². The van der Waals surface area contributed by atoms with Crippen molar-refractivity contribution in [1.29, 1.82) is 0 Å². The average Bonchev–Trinajstić information content (AvgIpc) is 3.10. The first-order valence-electron chi connectivity index (χ1n) is 13.3. The van der Waals surface area contributed by atoms with Gasteiger partial charge in [0.15, 0.2) is 20.7 Å². The molecule has 0 spiro atoms. The average molecular weight is 623 g/mol. The molecule has 2 aliphatic rings. The fourth-order valence-corrected chi connectivity index (χ4v) is 11.3. The maximum Gasteiger partial charge on any atom is 0.330 e. The number of H-pyrrole nitrogens is 1. The van der Waals surface area contributed by atoms with Crippen LogP contribution in [0.25, 0.3) is 0 Å². The number of alkyl halides is 1. The third-order valence-electron chi connectivity index (χ3n) is 8.50. The van der Waals surface area contributed by atoms with E-state index in [0.717, 1.165) is 23.0 Å². The van der Waals surface area contributed by atoms with Crippen molar-refractivity contribution in [2.45, 2.75) is 114 Å². The van der Waals surface area contributed by atoms with Gasteiger partial charge in [-0.05, 0) is 64.1 Å². The zero-order valence-corrected chi connectivity index (χ0v) is 27.8. The second kappa shape index (κ2) is 12.3. The third kappa shape index (κ3) is 7.44. The van der Waals surface area contributed by atoms with E-state index in [2.05, 4.69) is 32.3 Å². The number of hydrogen-bond acceptors (Lipinski definition) is 8. The van der Waals surface area contributed by atoms with E-state index in [1.807, 2.05) is 26.9 Å². The Hall–Kier alpha value is -0.593. The number of rotatable bonds is 9. The number of ether oxygens (including phenoxy) is 1. The minimum absolute atomic E-state index is 0.00133. The van der Waals surface area contributed by atoms with Gasteiger partial charge in [0.1, 0.15) is 18.3 Å². The molecule has 13 heteroatoms. The molecule has 2 unspecified atom stereocenters. The van der Waals surface area contributed by atoms with Crippen LogP contribution in [0.15, 0.2) is 27.9 Å². The van der Waals surface area contributed by atoms with Gasteiger partial charge in [-0.1, -0.05) is 56.1 Å². The Morgan fingerprint density at radius 3 is 2.64 bits per heavy atom. The predicted molar refractivity (Wildman–Crippen MR) is 163 cm³/mol. The topological polar surface area (TPSA) is 103 Å². The van der Waals surface area contributed by atoms with Gasteiger partial charge in [-0.2, -0.15) is 0 Å². The molecule has 0 amide bonds. The van der Waals surface area contributed by atoms with E-state index in [-0.39, 0.29) is 17.2 Å². The molecule has 2 fully saturated rings. The van der Waals surface area contributed by atoms with Crippen LogP contribution in [-0.2, 0) is 25.5 Å². The summed E-state index contributed by atoms with van der Waals surface area (Å²) in [6, 6.07) is 0. The summed E-state index contributed by atoms with van der Waals surface area (Å²) >= 11 is 7.20. The van der Waals surface area contributed by atoms with Gasteiger partial charge in [0, 0.05) is 16.5 Å². The summed E-state index contributed by atoms with van der Waals surface area (Å²) in [6.45, 7) is 19.9. The Bertz CT molecular complexity index is 1200. The van der Waals surface area contributed by atoms with Gasteiger partial charge in [0.05, 0.1) is 12.7 Å². The quantitative estimate of drug-likeness (QED) is 0.220. The van der Waals surface area contributed by atoms with Crippen LogP contribution in [0.1, 0.15) is 65.7 Å². The van der Waals surface area contributed by atoms with Crippen LogP contribution in [0.5, 0.6) is 0 Å². The maximum absolute atomic E-state index is 16.0. The zero-order chi connectivity index (χ0) is 29.5. The largest absolute Gasteiger partial charge is 0.408 e. The predicted octanol–water partition coefficient (Wildman–Crippen LogP) is 5.22. The van der Waals surface area contributed by atoms with Crippen LogP contribution < -0.4 is 11.2 Å². The summed E-state index contributed by atoms with van der Waals surface area (Å²) < 4.78 is 35.3. The number of nitrogens with one attached hydrogen (secondary N) is 1. The van der Waals surface area contributed by atoms with Gasteiger partial charge in [-0.25, -0.2) is 9.18 Å². The number of aromatic amines is 1. The highest BCUT2D eigenvalue weighted by atomic mass is 32.9. The SMILES string of the molecule is C=C(C)[C@@H]1CC[C@](C)(S[PH](=S)OC[C@H]2O[C@@H](n3cc(C)c(=O)[nH]c3=O)[C@H](F)C2O[Si](C)(C)C(C)(C)C)[C@@H](O)C1. The smallest absolute Gasteiger partial charge is 0.330 e. The third-order valence-corrected chi connectivity index (χ3v) is 17.8. The molecule has 8 nitrogen and oxygen atoms in total. The van der Waals surface area contributed by atoms with Crippen molar-refractivity contribution in [1.82, 2.24) is 9.55 Å². The molecule has 1 saturated carbocycles. The number of hydrogen-bond donors (Lipinski definition) is 2. The van der Waals surface area contributed by atoms with Crippen molar-refractivity contribution >= 4 is 37.6 Å². The van der Waals surface area contributed by atoms with Crippen LogP contribution >= 0.6 is 17.5 Å². The second-order valence-electron chi connectivity index (χ2n) is 12.6. The molecule has 222 valence electrons. The van der Waals surface area contributed by atoms with E-state index in [1.54, 1.807) is 6.92 Å². The Kier molecular flexibility index (Phi) is 10.4. The lowest BCUT2D eigenvalue weighted by atomic mass is 9.77. The number of aromatic nitrogens is 2. The molecular weight excluding hydrogens is 578 g/mol. The molecule has 2 heterocycles. The highest BCUT2D eigenvalue weighted by molar-refractivity contribution is 8.63. The normalized spacial score (nSPS) is 32.8. The maximum atomic E-state index is 16.0. The molecule has 1 aliphatic heterocycles. The van der Waals surface area contributed by atoms with Crippen LogP contribution in [0, 0.1) is 12.8 Å². The number of aliphatic hydroxyl groups excluding tert-OH is 1. The highest BCUT2D eigenvalue weighted by Gasteiger charge is 2.52. The fourth-order valence-electron chi connectivity index (χ4n) is 4.69. The number of nitrogens with zero attached hydrogens (tertiary/aromatic N) is 1. The standard InChI is InChI=1S/C26H44FN2O6PS2Si/c1-15(2)17-10-11-26(7,19(30)12-17)38-36(37)33-14-18-21(35-39(8,9)25(4,5)6)20(27)23(34-18)29-13-16(3)22(31)28-24(29)32/h13,17-21,23,30,36H,1,10-12,14H2,2-9H3,(H,28,31,32)/t17-,18-,19+,20-,21?,23-,26+/m1/s1. The lowest BCUT2D eigenvalue weighted by Gasteiger charge is -2.41. The van der Waals surface area contributed by atoms with Gasteiger partial charge in [0.25, 0.3) is 5.56 Å². The Morgan fingerprint density at radius 2 is 2.08 bits per heavy atom. The summed E-state index contributed by atoms with van der Waals surface area (Å²) in [5.74, 6) is 0.300. The monoisotopic (exact) mass is 622 g/mol. The number of allylic oxidation sites excluding steroid dienone is 1. The molecular formula is C26H44FN2O6PS2Si. The fraction of sp³-hybridized carbons (Fsp3) is 0.769. The van der Waals surface area contributed by atoms with Crippen LogP contribution in [0.4, 0.5) is 4.39 Å². The molecule has 1 aliphatic carbocycles. The van der Waals surface area contributed by atoms with Crippen molar-refractivity contribution in [3.05, 3.63) is 44.8 Å². The van der Waals surface area contributed by atoms with Crippen molar-refractivity contribution in [3.8, 4) is 0 Å². The van der Waals surface area contributed by atoms with Gasteiger partial charge >= 0.3 is 5.69 Å². The summed E-state index contributed by atoms with van der Waals surface area (Å²) in [5, 5.41) is 10.7. The highest BCUT2D eigenvalue weighted by Crippen LogP contribution is 2.55. The van der Waals surface area contributed by atoms with Crippen molar-refractivity contribution in [2.75, 3.05) is 6.61 Å². The molecule has 0 bridgehead atoms. The van der Waals surface area contributed by atoms with E-state index < -0.39 is 61.2 Å². The molecule has 0 radical (unpaired) electrons. The lowest BCUT2D eigenvalue weighted by Crippen LogP contribution is -2.49. The van der Waals surface area contributed by atoms with Crippen molar-refractivity contribution in [2.24, 2.45) is 5.92 Å².